The van der Waals surface area contributed by atoms with Crippen LogP contribution in [0.1, 0.15) is 20.8 Å². The maximum Gasteiger partial charge on any atom is 0.0415 e. The highest BCUT2D eigenvalue weighted by Gasteiger charge is 1.89. The standard InChI is InChI=1S/C10H17N/c1-5-6-7-10(4)11-8-9(2)3/h5-7,9H,1,8H2,2-4H3/b7-6-,11-10?. The first-order valence-electron chi connectivity index (χ1n) is 3.97. The van der Waals surface area contributed by atoms with Gasteiger partial charge in [-0.3, -0.25) is 4.99 Å². The van der Waals surface area contributed by atoms with E-state index in [2.05, 4.69) is 25.4 Å². The minimum absolute atomic E-state index is 0.641. The summed E-state index contributed by atoms with van der Waals surface area (Å²) in [7, 11) is 0. The van der Waals surface area contributed by atoms with E-state index in [9.17, 15) is 0 Å². The van der Waals surface area contributed by atoms with Crippen molar-refractivity contribution in [2.75, 3.05) is 6.54 Å². The van der Waals surface area contributed by atoms with Gasteiger partial charge in [-0.15, -0.1) is 0 Å². The summed E-state index contributed by atoms with van der Waals surface area (Å²) in [6.07, 6.45) is 5.63. The second kappa shape index (κ2) is 5.90. The van der Waals surface area contributed by atoms with Crippen LogP contribution in [0.3, 0.4) is 0 Å². The molecule has 62 valence electrons. The average Bonchev–Trinajstić information content (AvgIpc) is 1.97. The quantitative estimate of drug-likeness (QED) is 0.433. The highest BCUT2D eigenvalue weighted by Crippen LogP contribution is 1.93. The van der Waals surface area contributed by atoms with Crippen LogP contribution in [0.4, 0.5) is 0 Å². The Morgan fingerprint density at radius 3 is 2.64 bits per heavy atom. The normalized spacial score (nSPS) is 12.9. The lowest BCUT2D eigenvalue weighted by Gasteiger charge is -1.97. The zero-order valence-corrected chi connectivity index (χ0v) is 7.67. The van der Waals surface area contributed by atoms with Gasteiger partial charge >= 0.3 is 0 Å². The molecule has 0 spiro atoms. The number of hydrogen-bond donors (Lipinski definition) is 0. The molecule has 11 heavy (non-hydrogen) atoms. The lowest BCUT2D eigenvalue weighted by molar-refractivity contribution is 0.666. The molecule has 0 N–H and O–H groups in total. The molecule has 0 heterocycles. The van der Waals surface area contributed by atoms with Crippen LogP contribution < -0.4 is 0 Å². The van der Waals surface area contributed by atoms with Gasteiger partial charge in [-0.2, -0.15) is 0 Å². The fourth-order valence-electron chi connectivity index (χ4n) is 0.587. The highest BCUT2D eigenvalue weighted by molar-refractivity contribution is 5.92. The molecule has 0 aliphatic heterocycles. The first-order valence-corrected chi connectivity index (χ1v) is 3.97. The van der Waals surface area contributed by atoms with Crippen LogP contribution in [-0.2, 0) is 0 Å². The number of nitrogens with zero attached hydrogens (tertiary/aromatic N) is 1. The molecule has 0 bridgehead atoms. The van der Waals surface area contributed by atoms with E-state index in [1.54, 1.807) is 6.08 Å². The van der Waals surface area contributed by atoms with E-state index in [1.165, 1.54) is 0 Å². The Bertz CT molecular complexity index is 164. The fraction of sp³-hybridized carbons (Fsp3) is 0.500. The summed E-state index contributed by atoms with van der Waals surface area (Å²) in [5, 5.41) is 0. The molecule has 0 fully saturated rings. The minimum Gasteiger partial charge on any atom is -0.290 e. The van der Waals surface area contributed by atoms with Crippen molar-refractivity contribution in [1.82, 2.24) is 0 Å². The van der Waals surface area contributed by atoms with Gasteiger partial charge in [0, 0.05) is 12.3 Å². The summed E-state index contributed by atoms with van der Waals surface area (Å²) < 4.78 is 0. The van der Waals surface area contributed by atoms with Gasteiger partial charge in [0.25, 0.3) is 0 Å². The van der Waals surface area contributed by atoms with Gasteiger partial charge in [0.2, 0.25) is 0 Å². The third-order valence-corrected chi connectivity index (χ3v) is 1.18. The van der Waals surface area contributed by atoms with Gasteiger partial charge in [0.05, 0.1) is 0 Å². The lowest BCUT2D eigenvalue weighted by atomic mass is 10.2. The van der Waals surface area contributed by atoms with Crippen LogP contribution in [0, 0.1) is 5.92 Å². The van der Waals surface area contributed by atoms with Crippen molar-refractivity contribution in [3.05, 3.63) is 24.8 Å². The van der Waals surface area contributed by atoms with Gasteiger partial charge in [0.1, 0.15) is 0 Å². The van der Waals surface area contributed by atoms with Crippen molar-refractivity contribution < 1.29 is 0 Å². The van der Waals surface area contributed by atoms with Crippen LogP contribution >= 0.6 is 0 Å². The molecule has 0 radical (unpaired) electrons. The molecule has 0 saturated carbocycles. The van der Waals surface area contributed by atoms with Gasteiger partial charge < -0.3 is 0 Å². The van der Waals surface area contributed by atoms with Crippen LogP contribution in [0.5, 0.6) is 0 Å². The van der Waals surface area contributed by atoms with Crippen molar-refractivity contribution in [3.8, 4) is 0 Å². The van der Waals surface area contributed by atoms with Gasteiger partial charge in [0.15, 0.2) is 0 Å². The van der Waals surface area contributed by atoms with E-state index in [4.69, 9.17) is 0 Å². The monoisotopic (exact) mass is 151 g/mol. The maximum absolute atomic E-state index is 4.34. The molecule has 0 saturated heterocycles. The van der Waals surface area contributed by atoms with Crippen molar-refractivity contribution in [2.24, 2.45) is 10.9 Å². The van der Waals surface area contributed by atoms with Crippen molar-refractivity contribution >= 4 is 5.71 Å². The molecule has 0 aromatic rings. The van der Waals surface area contributed by atoms with Crippen molar-refractivity contribution in [2.45, 2.75) is 20.8 Å². The first kappa shape index (κ1) is 10.2. The van der Waals surface area contributed by atoms with Crippen LogP contribution in [-0.4, -0.2) is 12.3 Å². The number of hydrogen-bond acceptors (Lipinski definition) is 1. The summed E-state index contributed by atoms with van der Waals surface area (Å²) in [5.74, 6) is 0.641. The third-order valence-electron chi connectivity index (χ3n) is 1.18. The molecule has 1 nitrogen and oxygen atoms in total. The molecule has 0 atom stereocenters. The summed E-state index contributed by atoms with van der Waals surface area (Å²) >= 11 is 0. The Balaban J connectivity index is 3.80. The second-order valence-electron chi connectivity index (χ2n) is 2.97. The van der Waals surface area contributed by atoms with E-state index < -0.39 is 0 Å². The molecule has 0 unspecified atom stereocenters. The molecule has 0 aromatic carbocycles. The SMILES string of the molecule is C=C/C=C\C(C)=NCC(C)C. The molecular formula is C10H17N. The molecule has 0 aliphatic carbocycles. The zero-order valence-electron chi connectivity index (χ0n) is 7.67. The molecule has 1 heteroatoms. The van der Waals surface area contributed by atoms with E-state index in [-0.39, 0.29) is 0 Å². The first-order chi connectivity index (χ1) is 5.16. The average molecular weight is 151 g/mol. The maximum atomic E-state index is 4.34. The van der Waals surface area contributed by atoms with Crippen LogP contribution in [0.15, 0.2) is 29.8 Å². The number of aliphatic imine (C=N–C) groups is 1. The Kier molecular flexibility index (Phi) is 5.44. The van der Waals surface area contributed by atoms with Crippen molar-refractivity contribution in [3.63, 3.8) is 0 Å². The van der Waals surface area contributed by atoms with E-state index in [0.717, 1.165) is 12.3 Å². The van der Waals surface area contributed by atoms with Crippen molar-refractivity contribution in [1.29, 1.82) is 0 Å². The zero-order chi connectivity index (χ0) is 8.69. The topological polar surface area (TPSA) is 12.4 Å². The van der Waals surface area contributed by atoms with Crippen LogP contribution in [0.25, 0.3) is 0 Å². The molecule has 0 aliphatic rings. The summed E-state index contributed by atoms with van der Waals surface area (Å²) in [5.41, 5.74) is 1.07. The van der Waals surface area contributed by atoms with E-state index in [0.29, 0.717) is 5.92 Å². The third kappa shape index (κ3) is 7.04. The Hall–Kier alpha value is -0.850. The van der Waals surface area contributed by atoms with Gasteiger partial charge in [-0.25, -0.2) is 0 Å². The second-order valence-corrected chi connectivity index (χ2v) is 2.97. The molecule has 0 rings (SSSR count). The van der Waals surface area contributed by atoms with Gasteiger partial charge in [-0.05, 0) is 18.9 Å². The minimum atomic E-state index is 0.641. The predicted molar refractivity (Wildman–Crippen MR) is 52.2 cm³/mol. The number of allylic oxidation sites excluding steroid dienone is 3. The molecule has 0 aromatic heterocycles. The van der Waals surface area contributed by atoms with E-state index in [1.807, 2.05) is 19.1 Å². The molecular weight excluding hydrogens is 134 g/mol. The summed E-state index contributed by atoms with van der Waals surface area (Å²) in [6.45, 7) is 10.8. The Morgan fingerprint density at radius 1 is 1.55 bits per heavy atom. The largest absolute Gasteiger partial charge is 0.290 e. The molecule has 0 amide bonds. The Morgan fingerprint density at radius 2 is 2.18 bits per heavy atom. The fourth-order valence-corrected chi connectivity index (χ4v) is 0.587. The van der Waals surface area contributed by atoms with E-state index >= 15 is 0 Å². The van der Waals surface area contributed by atoms with Gasteiger partial charge in [-0.1, -0.05) is 32.6 Å². The smallest absolute Gasteiger partial charge is 0.0415 e. The predicted octanol–water partition coefficient (Wildman–Crippen LogP) is 2.85. The van der Waals surface area contributed by atoms with Crippen LogP contribution in [0.2, 0.25) is 0 Å². The summed E-state index contributed by atoms with van der Waals surface area (Å²) in [4.78, 5) is 4.34. The Labute approximate surface area is 69.5 Å². The highest BCUT2D eigenvalue weighted by atomic mass is 14.7. The summed E-state index contributed by atoms with van der Waals surface area (Å²) in [6, 6.07) is 0. The number of rotatable bonds is 4. The lowest BCUT2D eigenvalue weighted by Crippen LogP contribution is -1.95.